The number of esters is 1. The van der Waals surface area contributed by atoms with Gasteiger partial charge in [0.25, 0.3) is 0 Å². The van der Waals surface area contributed by atoms with E-state index in [1.54, 1.807) is 27.7 Å². The maximum Gasteiger partial charge on any atom is 0.324 e. The average Bonchev–Trinajstić information content (AvgIpc) is 2.27. The fraction of sp³-hybridized carbons (Fsp3) is 0.917. The first kappa shape index (κ1) is 15.4. The van der Waals surface area contributed by atoms with Crippen LogP contribution in [0.15, 0.2) is 0 Å². The van der Waals surface area contributed by atoms with Crippen LogP contribution in [0.5, 0.6) is 0 Å². The number of carbonyl (C=O) groups is 1. The van der Waals surface area contributed by atoms with Crippen LogP contribution in [-0.2, 0) is 19.6 Å². The number of sulfonamides is 1. The molecule has 18 heavy (non-hydrogen) atoms. The van der Waals surface area contributed by atoms with Crippen molar-refractivity contribution >= 4 is 16.0 Å². The molecule has 0 aromatic heterocycles. The van der Waals surface area contributed by atoms with Gasteiger partial charge in [-0.1, -0.05) is 0 Å². The number of rotatable bonds is 4. The smallest absolute Gasteiger partial charge is 0.324 e. The molecule has 0 aliphatic carbocycles. The second-order valence-corrected chi connectivity index (χ2v) is 7.64. The van der Waals surface area contributed by atoms with Crippen molar-refractivity contribution in [3.05, 3.63) is 0 Å². The van der Waals surface area contributed by atoms with Crippen molar-refractivity contribution in [2.24, 2.45) is 0 Å². The summed E-state index contributed by atoms with van der Waals surface area (Å²) in [6.45, 7) is 7.21. The normalized spacial score (nSPS) is 22.4. The SMILES string of the molecule is CC(C)OC(=O)[C@@H]1CCCCN1S(=O)(=O)C(C)C. The Labute approximate surface area is 110 Å². The molecular formula is C12H23NO4S. The number of hydrogen-bond acceptors (Lipinski definition) is 4. The van der Waals surface area contributed by atoms with Gasteiger partial charge in [0.05, 0.1) is 11.4 Å². The van der Waals surface area contributed by atoms with Crippen molar-refractivity contribution in [2.75, 3.05) is 6.54 Å². The summed E-state index contributed by atoms with van der Waals surface area (Å²) in [6.07, 6.45) is 2.00. The first-order chi connectivity index (χ1) is 8.26. The van der Waals surface area contributed by atoms with E-state index >= 15 is 0 Å². The molecule has 1 fully saturated rings. The molecule has 1 rings (SSSR count). The lowest BCUT2D eigenvalue weighted by molar-refractivity contribution is -0.153. The molecule has 1 atom stereocenters. The fourth-order valence-corrected chi connectivity index (χ4v) is 3.50. The van der Waals surface area contributed by atoms with Crippen LogP contribution in [0.2, 0.25) is 0 Å². The monoisotopic (exact) mass is 277 g/mol. The topological polar surface area (TPSA) is 63.7 Å². The highest BCUT2D eigenvalue weighted by molar-refractivity contribution is 7.89. The molecule has 1 heterocycles. The first-order valence-electron chi connectivity index (χ1n) is 6.48. The third-order valence-corrected chi connectivity index (χ3v) is 5.28. The van der Waals surface area contributed by atoms with Gasteiger partial charge in [0.15, 0.2) is 0 Å². The molecule has 1 aliphatic heterocycles. The second kappa shape index (κ2) is 6.02. The summed E-state index contributed by atoms with van der Waals surface area (Å²) < 4.78 is 30.9. The van der Waals surface area contributed by atoms with Gasteiger partial charge in [-0.05, 0) is 47.0 Å². The van der Waals surface area contributed by atoms with Gasteiger partial charge in [0.2, 0.25) is 10.0 Å². The summed E-state index contributed by atoms with van der Waals surface area (Å²) in [7, 11) is -3.40. The van der Waals surface area contributed by atoms with Crippen molar-refractivity contribution in [3.63, 3.8) is 0 Å². The lowest BCUT2D eigenvalue weighted by Gasteiger charge is -2.34. The summed E-state index contributed by atoms with van der Waals surface area (Å²) in [5.41, 5.74) is 0. The van der Waals surface area contributed by atoms with Crippen LogP contribution in [-0.4, -0.2) is 42.6 Å². The Balaban J connectivity index is 2.90. The lowest BCUT2D eigenvalue weighted by Crippen LogP contribution is -2.51. The number of nitrogens with zero attached hydrogens (tertiary/aromatic N) is 1. The minimum atomic E-state index is -3.40. The van der Waals surface area contributed by atoms with E-state index in [1.807, 2.05) is 0 Å². The summed E-state index contributed by atoms with van der Waals surface area (Å²) in [5, 5.41) is -0.509. The molecular weight excluding hydrogens is 254 g/mol. The fourth-order valence-electron chi connectivity index (χ4n) is 2.03. The third-order valence-electron chi connectivity index (χ3n) is 3.00. The highest BCUT2D eigenvalue weighted by Gasteiger charge is 2.39. The zero-order valence-electron chi connectivity index (χ0n) is 11.5. The van der Waals surface area contributed by atoms with Crippen LogP contribution in [0, 0.1) is 0 Å². The molecule has 0 radical (unpaired) electrons. The minimum Gasteiger partial charge on any atom is -0.462 e. The number of ether oxygens (including phenoxy) is 1. The molecule has 0 spiro atoms. The first-order valence-corrected chi connectivity index (χ1v) is 7.98. The van der Waals surface area contributed by atoms with Gasteiger partial charge in [-0.15, -0.1) is 0 Å². The standard InChI is InChI=1S/C12H23NO4S/c1-9(2)17-12(14)11-7-5-6-8-13(11)18(15,16)10(3)4/h9-11H,5-8H2,1-4H3/t11-/m0/s1. The van der Waals surface area contributed by atoms with Gasteiger partial charge in [-0.3, -0.25) is 4.79 Å². The molecule has 0 amide bonds. The van der Waals surface area contributed by atoms with Gasteiger partial charge in [-0.2, -0.15) is 4.31 Å². The van der Waals surface area contributed by atoms with Crippen molar-refractivity contribution in [1.82, 2.24) is 4.31 Å². The largest absolute Gasteiger partial charge is 0.462 e. The third kappa shape index (κ3) is 3.45. The highest BCUT2D eigenvalue weighted by atomic mass is 32.2. The Morgan fingerprint density at radius 3 is 2.33 bits per heavy atom. The van der Waals surface area contributed by atoms with E-state index in [4.69, 9.17) is 4.74 Å². The van der Waals surface area contributed by atoms with Gasteiger partial charge >= 0.3 is 5.97 Å². The predicted octanol–water partition coefficient (Wildman–Crippen LogP) is 1.53. The van der Waals surface area contributed by atoms with Gasteiger partial charge in [-0.25, -0.2) is 8.42 Å². The van der Waals surface area contributed by atoms with Gasteiger partial charge in [0, 0.05) is 6.54 Å². The summed E-state index contributed by atoms with van der Waals surface area (Å²) in [6, 6.07) is -0.645. The molecule has 0 unspecified atom stereocenters. The minimum absolute atomic E-state index is 0.219. The predicted molar refractivity (Wildman–Crippen MR) is 69.6 cm³/mol. The van der Waals surface area contributed by atoms with E-state index in [0.29, 0.717) is 13.0 Å². The summed E-state index contributed by atoms with van der Waals surface area (Å²) >= 11 is 0. The second-order valence-electron chi connectivity index (χ2n) is 5.20. The Morgan fingerprint density at radius 2 is 1.83 bits per heavy atom. The van der Waals surface area contributed by atoms with E-state index in [1.165, 1.54) is 4.31 Å². The van der Waals surface area contributed by atoms with Crippen molar-refractivity contribution in [1.29, 1.82) is 0 Å². The molecule has 0 saturated carbocycles. The summed E-state index contributed by atoms with van der Waals surface area (Å²) in [4.78, 5) is 12.0. The lowest BCUT2D eigenvalue weighted by atomic mass is 10.1. The van der Waals surface area contributed by atoms with Crippen LogP contribution >= 0.6 is 0 Å². The number of carbonyl (C=O) groups excluding carboxylic acids is 1. The van der Waals surface area contributed by atoms with Gasteiger partial charge < -0.3 is 4.74 Å². The van der Waals surface area contributed by atoms with Crippen molar-refractivity contribution < 1.29 is 17.9 Å². The van der Waals surface area contributed by atoms with Crippen LogP contribution < -0.4 is 0 Å². The maximum absolute atomic E-state index is 12.2. The number of piperidine rings is 1. The maximum atomic E-state index is 12.2. The Hall–Kier alpha value is -0.620. The molecule has 0 aromatic rings. The molecule has 106 valence electrons. The molecule has 1 aliphatic rings. The zero-order chi connectivity index (χ0) is 13.9. The molecule has 6 heteroatoms. The average molecular weight is 277 g/mol. The van der Waals surface area contributed by atoms with Crippen LogP contribution in [0.3, 0.4) is 0 Å². The van der Waals surface area contributed by atoms with Crippen LogP contribution in [0.25, 0.3) is 0 Å². The van der Waals surface area contributed by atoms with E-state index in [-0.39, 0.29) is 6.10 Å². The van der Waals surface area contributed by atoms with Gasteiger partial charge in [0.1, 0.15) is 6.04 Å². The van der Waals surface area contributed by atoms with Crippen LogP contribution in [0.4, 0.5) is 0 Å². The molecule has 0 aromatic carbocycles. The van der Waals surface area contributed by atoms with E-state index < -0.39 is 27.3 Å². The van der Waals surface area contributed by atoms with E-state index in [9.17, 15) is 13.2 Å². The molecule has 0 bridgehead atoms. The molecule has 5 nitrogen and oxygen atoms in total. The van der Waals surface area contributed by atoms with E-state index in [2.05, 4.69) is 0 Å². The summed E-state index contributed by atoms with van der Waals surface area (Å²) in [5.74, 6) is -0.422. The number of hydrogen-bond donors (Lipinski definition) is 0. The Bertz CT molecular complexity index is 389. The zero-order valence-corrected chi connectivity index (χ0v) is 12.4. The quantitative estimate of drug-likeness (QED) is 0.731. The van der Waals surface area contributed by atoms with Crippen molar-refractivity contribution in [3.8, 4) is 0 Å². The molecule has 0 N–H and O–H groups in total. The van der Waals surface area contributed by atoms with Crippen LogP contribution in [0.1, 0.15) is 47.0 Å². The van der Waals surface area contributed by atoms with Crippen molar-refractivity contribution in [2.45, 2.75) is 64.4 Å². The highest BCUT2D eigenvalue weighted by Crippen LogP contribution is 2.24. The van der Waals surface area contributed by atoms with E-state index in [0.717, 1.165) is 12.8 Å². The Kier molecular flexibility index (Phi) is 5.16. The molecule has 1 saturated heterocycles. The Morgan fingerprint density at radius 1 is 1.22 bits per heavy atom.